The summed E-state index contributed by atoms with van der Waals surface area (Å²) in [7, 11) is 0. The first-order valence-corrected chi connectivity index (χ1v) is 6.19. The first kappa shape index (κ1) is 8.28. The highest BCUT2D eigenvalue weighted by molar-refractivity contribution is 4.95. The van der Waals surface area contributed by atoms with Crippen LogP contribution in [0.5, 0.6) is 0 Å². The van der Waals surface area contributed by atoms with Crippen molar-refractivity contribution in [3.63, 3.8) is 0 Å². The number of nitrogens with zero attached hydrogens (tertiary/aromatic N) is 1. The maximum Gasteiger partial charge on any atom is 0.00994 e. The van der Waals surface area contributed by atoms with Crippen molar-refractivity contribution in [3.05, 3.63) is 0 Å². The Labute approximate surface area is 81.5 Å². The molecule has 0 N–H and O–H groups in total. The molecule has 0 aromatic carbocycles. The van der Waals surface area contributed by atoms with Crippen molar-refractivity contribution in [2.45, 2.75) is 63.5 Å². The van der Waals surface area contributed by atoms with Crippen LogP contribution >= 0.6 is 0 Å². The summed E-state index contributed by atoms with van der Waals surface area (Å²) in [4.78, 5) is 2.86. The fraction of sp³-hybridized carbons (Fsp3) is 1.00. The van der Waals surface area contributed by atoms with Gasteiger partial charge in [-0.3, -0.25) is 4.90 Å². The van der Waals surface area contributed by atoms with Crippen molar-refractivity contribution >= 4 is 0 Å². The molecule has 74 valence electrons. The SMILES string of the molecule is C1CCC(CN(C2CC2)C2CC2)C1. The predicted molar refractivity (Wildman–Crippen MR) is 54.7 cm³/mol. The Hall–Kier alpha value is -0.0400. The summed E-state index contributed by atoms with van der Waals surface area (Å²) in [6.45, 7) is 1.45. The van der Waals surface area contributed by atoms with Gasteiger partial charge in [0.2, 0.25) is 0 Å². The Morgan fingerprint density at radius 3 is 1.77 bits per heavy atom. The third-order valence-corrected chi connectivity index (χ3v) is 3.98. The lowest BCUT2D eigenvalue weighted by Gasteiger charge is -2.24. The lowest BCUT2D eigenvalue weighted by Crippen LogP contribution is -2.32. The van der Waals surface area contributed by atoms with Crippen LogP contribution in [0, 0.1) is 5.92 Å². The van der Waals surface area contributed by atoms with Crippen molar-refractivity contribution < 1.29 is 0 Å². The lowest BCUT2D eigenvalue weighted by molar-refractivity contribution is 0.212. The summed E-state index contributed by atoms with van der Waals surface area (Å²) >= 11 is 0. The van der Waals surface area contributed by atoms with Gasteiger partial charge in [-0.2, -0.15) is 0 Å². The second-order valence-electron chi connectivity index (χ2n) is 5.31. The summed E-state index contributed by atoms with van der Waals surface area (Å²) in [5.41, 5.74) is 0. The van der Waals surface area contributed by atoms with Crippen LogP contribution in [0.15, 0.2) is 0 Å². The topological polar surface area (TPSA) is 3.24 Å². The molecule has 0 aromatic heterocycles. The van der Waals surface area contributed by atoms with Crippen molar-refractivity contribution in [2.24, 2.45) is 5.92 Å². The minimum atomic E-state index is 1.02. The van der Waals surface area contributed by atoms with Crippen molar-refractivity contribution in [1.82, 2.24) is 4.90 Å². The molecule has 0 atom stereocenters. The molecular formula is C12H21N. The first-order chi connectivity index (χ1) is 6.43. The van der Waals surface area contributed by atoms with Gasteiger partial charge in [0.15, 0.2) is 0 Å². The molecular weight excluding hydrogens is 158 g/mol. The number of hydrogen-bond donors (Lipinski definition) is 0. The molecule has 1 heteroatoms. The maximum absolute atomic E-state index is 2.86. The van der Waals surface area contributed by atoms with E-state index in [1.54, 1.807) is 0 Å². The van der Waals surface area contributed by atoms with E-state index in [2.05, 4.69) is 4.90 Å². The molecule has 0 unspecified atom stereocenters. The smallest absolute Gasteiger partial charge is 0.00994 e. The molecule has 0 aromatic rings. The summed E-state index contributed by atoms with van der Waals surface area (Å²) in [6, 6.07) is 2.04. The van der Waals surface area contributed by atoms with Gasteiger partial charge in [0.05, 0.1) is 0 Å². The van der Waals surface area contributed by atoms with Crippen LogP contribution in [-0.4, -0.2) is 23.5 Å². The zero-order chi connectivity index (χ0) is 8.67. The lowest BCUT2D eigenvalue weighted by atomic mass is 10.1. The average Bonchev–Trinajstić information content (AvgIpc) is 3.04. The standard InChI is InChI=1S/C12H21N/c1-2-4-10(3-1)9-13(11-5-6-11)12-7-8-12/h10-12H,1-9H2. The fourth-order valence-corrected chi connectivity index (χ4v) is 2.90. The van der Waals surface area contributed by atoms with E-state index in [0.29, 0.717) is 0 Å². The minimum Gasteiger partial charge on any atom is -0.297 e. The average molecular weight is 179 g/mol. The molecule has 0 amide bonds. The Morgan fingerprint density at radius 1 is 0.769 bits per heavy atom. The largest absolute Gasteiger partial charge is 0.297 e. The van der Waals surface area contributed by atoms with Crippen LogP contribution in [0.1, 0.15) is 51.4 Å². The quantitative estimate of drug-likeness (QED) is 0.641. The molecule has 1 nitrogen and oxygen atoms in total. The van der Waals surface area contributed by atoms with Crippen molar-refractivity contribution in [2.75, 3.05) is 6.54 Å². The monoisotopic (exact) mass is 179 g/mol. The van der Waals surface area contributed by atoms with Crippen LogP contribution in [0.3, 0.4) is 0 Å². The Kier molecular flexibility index (Phi) is 2.08. The summed E-state index contributed by atoms with van der Waals surface area (Å²) in [5, 5.41) is 0. The van der Waals surface area contributed by atoms with Gasteiger partial charge in [-0.05, 0) is 44.4 Å². The number of rotatable bonds is 4. The zero-order valence-corrected chi connectivity index (χ0v) is 8.54. The van der Waals surface area contributed by atoms with E-state index in [1.165, 1.54) is 57.9 Å². The fourth-order valence-electron chi connectivity index (χ4n) is 2.90. The predicted octanol–water partition coefficient (Wildman–Crippen LogP) is 2.80. The molecule has 3 aliphatic rings. The van der Waals surface area contributed by atoms with Crippen LogP contribution in [0.2, 0.25) is 0 Å². The Morgan fingerprint density at radius 2 is 1.31 bits per heavy atom. The third kappa shape index (κ3) is 1.90. The second kappa shape index (κ2) is 3.27. The third-order valence-electron chi connectivity index (χ3n) is 3.98. The van der Waals surface area contributed by atoms with E-state index in [0.717, 1.165) is 18.0 Å². The van der Waals surface area contributed by atoms with E-state index in [9.17, 15) is 0 Å². The molecule has 0 spiro atoms. The van der Waals surface area contributed by atoms with Gasteiger partial charge in [0, 0.05) is 18.6 Å². The van der Waals surface area contributed by atoms with Gasteiger partial charge in [-0.15, -0.1) is 0 Å². The van der Waals surface area contributed by atoms with Crippen LogP contribution in [-0.2, 0) is 0 Å². The molecule has 13 heavy (non-hydrogen) atoms. The highest BCUT2D eigenvalue weighted by Crippen LogP contribution is 2.39. The van der Waals surface area contributed by atoms with Gasteiger partial charge in [-0.1, -0.05) is 12.8 Å². The molecule has 0 radical (unpaired) electrons. The highest BCUT2D eigenvalue weighted by atomic mass is 15.2. The molecule has 0 heterocycles. The van der Waals surface area contributed by atoms with E-state index < -0.39 is 0 Å². The number of hydrogen-bond acceptors (Lipinski definition) is 1. The van der Waals surface area contributed by atoms with Crippen LogP contribution < -0.4 is 0 Å². The molecule has 3 saturated carbocycles. The molecule has 0 saturated heterocycles. The summed E-state index contributed by atoms with van der Waals surface area (Å²) in [5.74, 6) is 1.07. The Bertz CT molecular complexity index is 164. The molecule has 0 bridgehead atoms. The van der Waals surface area contributed by atoms with Gasteiger partial charge in [0.25, 0.3) is 0 Å². The van der Waals surface area contributed by atoms with E-state index in [1.807, 2.05) is 0 Å². The maximum atomic E-state index is 2.86. The van der Waals surface area contributed by atoms with E-state index in [-0.39, 0.29) is 0 Å². The zero-order valence-electron chi connectivity index (χ0n) is 8.54. The molecule has 0 aliphatic heterocycles. The normalized spacial score (nSPS) is 30.2. The van der Waals surface area contributed by atoms with Gasteiger partial charge >= 0.3 is 0 Å². The summed E-state index contributed by atoms with van der Waals surface area (Å²) < 4.78 is 0. The van der Waals surface area contributed by atoms with E-state index >= 15 is 0 Å². The molecule has 3 rings (SSSR count). The first-order valence-electron chi connectivity index (χ1n) is 6.19. The molecule has 3 aliphatic carbocycles. The second-order valence-corrected chi connectivity index (χ2v) is 5.31. The van der Waals surface area contributed by atoms with Gasteiger partial charge < -0.3 is 0 Å². The van der Waals surface area contributed by atoms with Crippen molar-refractivity contribution in [1.29, 1.82) is 0 Å². The summed E-state index contributed by atoms with van der Waals surface area (Å²) in [6.07, 6.45) is 12.1. The minimum absolute atomic E-state index is 1.02. The molecule has 3 fully saturated rings. The van der Waals surface area contributed by atoms with Crippen LogP contribution in [0.4, 0.5) is 0 Å². The van der Waals surface area contributed by atoms with Crippen molar-refractivity contribution in [3.8, 4) is 0 Å². The van der Waals surface area contributed by atoms with Gasteiger partial charge in [-0.25, -0.2) is 0 Å². The van der Waals surface area contributed by atoms with Gasteiger partial charge in [0.1, 0.15) is 0 Å². The Balaban J connectivity index is 1.54. The van der Waals surface area contributed by atoms with Crippen LogP contribution in [0.25, 0.3) is 0 Å². The van der Waals surface area contributed by atoms with E-state index in [4.69, 9.17) is 0 Å². The highest BCUT2D eigenvalue weighted by Gasteiger charge is 2.39.